The van der Waals surface area contributed by atoms with Gasteiger partial charge in [0.05, 0.1) is 11.4 Å². The van der Waals surface area contributed by atoms with Gasteiger partial charge in [-0.1, -0.05) is 17.7 Å². The van der Waals surface area contributed by atoms with E-state index in [1.807, 2.05) is 26.0 Å². The highest BCUT2D eigenvalue weighted by atomic mass is 35.5. The normalized spacial score (nSPS) is 10.6. The highest BCUT2D eigenvalue weighted by Crippen LogP contribution is 2.15. The number of nitrogens with zero attached hydrogens (tertiary/aromatic N) is 4. The van der Waals surface area contributed by atoms with Crippen LogP contribution in [-0.4, -0.2) is 38.9 Å². The van der Waals surface area contributed by atoms with E-state index in [1.165, 1.54) is 4.80 Å². The fraction of sp³-hybridized carbons (Fsp3) is 0.357. The molecule has 1 amide bonds. The summed E-state index contributed by atoms with van der Waals surface area (Å²) in [6.07, 6.45) is 0. The van der Waals surface area contributed by atoms with Gasteiger partial charge in [0.2, 0.25) is 0 Å². The van der Waals surface area contributed by atoms with E-state index in [-0.39, 0.29) is 5.91 Å². The van der Waals surface area contributed by atoms with Crippen molar-refractivity contribution in [3.8, 4) is 5.69 Å². The average molecular weight is 293 g/mol. The number of benzene rings is 1. The molecule has 0 unspecified atom stereocenters. The quantitative estimate of drug-likeness (QED) is 0.870. The van der Waals surface area contributed by atoms with Crippen molar-refractivity contribution in [3.05, 3.63) is 40.7 Å². The first-order valence-electron chi connectivity index (χ1n) is 6.56. The van der Waals surface area contributed by atoms with Crippen molar-refractivity contribution >= 4 is 17.5 Å². The molecule has 2 rings (SSSR count). The Morgan fingerprint density at radius 1 is 1.30 bits per heavy atom. The Kier molecular flexibility index (Phi) is 4.39. The fourth-order valence-corrected chi connectivity index (χ4v) is 2.14. The fourth-order valence-electron chi connectivity index (χ4n) is 1.95. The first-order valence-corrected chi connectivity index (χ1v) is 6.93. The van der Waals surface area contributed by atoms with Crippen LogP contribution in [0.5, 0.6) is 0 Å². The number of carbonyl (C=O) groups excluding carboxylic acids is 1. The van der Waals surface area contributed by atoms with Crippen molar-refractivity contribution in [2.45, 2.75) is 20.8 Å². The van der Waals surface area contributed by atoms with E-state index in [0.717, 1.165) is 5.69 Å². The van der Waals surface area contributed by atoms with Crippen molar-refractivity contribution in [2.24, 2.45) is 0 Å². The molecule has 0 bridgehead atoms. The molecule has 2 aromatic rings. The van der Waals surface area contributed by atoms with Crippen molar-refractivity contribution in [1.82, 2.24) is 19.9 Å². The summed E-state index contributed by atoms with van der Waals surface area (Å²) in [4.78, 5) is 15.5. The van der Waals surface area contributed by atoms with Gasteiger partial charge >= 0.3 is 0 Å². The summed E-state index contributed by atoms with van der Waals surface area (Å²) in [7, 11) is 0. The molecule has 0 aliphatic heterocycles. The first-order chi connectivity index (χ1) is 9.56. The third kappa shape index (κ3) is 2.82. The predicted molar refractivity (Wildman–Crippen MR) is 78.4 cm³/mol. The lowest BCUT2D eigenvalue weighted by Gasteiger charge is -2.16. The highest BCUT2D eigenvalue weighted by molar-refractivity contribution is 6.30. The van der Waals surface area contributed by atoms with E-state index >= 15 is 0 Å². The molecule has 20 heavy (non-hydrogen) atoms. The molecule has 6 heteroatoms. The summed E-state index contributed by atoms with van der Waals surface area (Å²) in [6, 6.07) is 7.20. The third-order valence-electron chi connectivity index (χ3n) is 3.07. The summed E-state index contributed by atoms with van der Waals surface area (Å²) < 4.78 is 0. The van der Waals surface area contributed by atoms with Crippen LogP contribution in [0.4, 0.5) is 0 Å². The predicted octanol–water partition coefficient (Wildman–Crippen LogP) is 2.71. The van der Waals surface area contributed by atoms with Crippen molar-refractivity contribution in [1.29, 1.82) is 0 Å². The summed E-state index contributed by atoms with van der Waals surface area (Å²) in [5, 5.41) is 9.19. The lowest BCUT2D eigenvalue weighted by molar-refractivity contribution is 0.0766. The van der Waals surface area contributed by atoms with Crippen LogP contribution in [0.15, 0.2) is 24.3 Å². The molecule has 0 spiro atoms. The lowest BCUT2D eigenvalue weighted by Crippen LogP contribution is -2.31. The maximum Gasteiger partial charge on any atom is 0.276 e. The molecule has 1 aromatic carbocycles. The second-order valence-electron chi connectivity index (χ2n) is 4.38. The highest BCUT2D eigenvalue weighted by Gasteiger charge is 2.20. The largest absolute Gasteiger partial charge is 0.338 e. The van der Waals surface area contributed by atoms with Gasteiger partial charge in [0.1, 0.15) is 0 Å². The molecular formula is C14H17ClN4O. The van der Waals surface area contributed by atoms with E-state index < -0.39 is 0 Å². The zero-order valence-corrected chi connectivity index (χ0v) is 12.6. The average Bonchev–Trinajstić information content (AvgIpc) is 2.82. The summed E-state index contributed by atoms with van der Waals surface area (Å²) in [5.41, 5.74) is 1.73. The van der Waals surface area contributed by atoms with Gasteiger partial charge in [0.15, 0.2) is 5.69 Å². The molecule has 5 nitrogen and oxygen atoms in total. The molecule has 1 heterocycles. The van der Waals surface area contributed by atoms with Crippen LogP contribution in [-0.2, 0) is 0 Å². The maximum absolute atomic E-state index is 12.3. The van der Waals surface area contributed by atoms with E-state index in [1.54, 1.807) is 24.0 Å². The Morgan fingerprint density at radius 3 is 2.60 bits per heavy atom. The molecule has 0 aliphatic rings. The van der Waals surface area contributed by atoms with Gasteiger partial charge in [-0.15, -0.1) is 5.10 Å². The third-order valence-corrected chi connectivity index (χ3v) is 3.31. The molecular weight excluding hydrogens is 276 g/mol. The summed E-state index contributed by atoms with van der Waals surface area (Å²) in [5.74, 6) is -0.0965. The monoisotopic (exact) mass is 292 g/mol. The van der Waals surface area contributed by atoms with Gasteiger partial charge in [-0.05, 0) is 39.0 Å². The van der Waals surface area contributed by atoms with Crippen LogP contribution < -0.4 is 0 Å². The molecule has 0 radical (unpaired) electrons. The van der Waals surface area contributed by atoms with Crippen molar-refractivity contribution in [2.75, 3.05) is 13.1 Å². The SMILES string of the molecule is CCN(CC)C(=O)c1nn(-c2cccc(Cl)c2)nc1C. The zero-order chi connectivity index (χ0) is 14.7. The Labute approximate surface area is 123 Å². The van der Waals surface area contributed by atoms with Crippen LogP contribution in [0.1, 0.15) is 30.0 Å². The summed E-state index contributed by atoms with van der Waals surface area (Å²) >= 11 is 5.96. The topological polar surface area (TPSA) is 51.0 Å². The van der Waals surface area contributed by atoms with Crippen LogP contribution in [0.25, 0.3) is 5.69 Å². The second-order valence-corrected chi connectivity index (χ2v) is 4.82. The molecule has 0 saturated carbocycles. The van der Waals surface area contributed by atoms with E-state index in [9.17, 15) is 4.79 Å². The number of amides is 1. The number of aromatic nitrogens is 3. The van der Waals surface area contributed by atoms with E-state index in [2.05, 4.69) is 10.2 Å². The van der Waals surface area contributed by atoms with Crippen LogP contribution in [0.3, 0.4) is 0 Å². The lowest BCUT2D eigenvalue weighted by atomic mass is 10.3. The van der Waals surface area contributed by atoms with Gasteiger partial charge < -0.3 is 4.90 Å². The van der Waals surface area contributed by atoms with Crippen LogP contribution in [0, 0.1) is 6.92 Å². The van der Waals surface area contributed by atoms with Gasteiger partial charge in [0, 0.05) is 18.1 Å². The second kappa shape index (κ2) is 6.05. The minimum absolute atomic E-state index is 0.0965. The molecule has 0 fully saturated rings. The molecule has 0 atom stereocenters. The number of aryl methyl sites for hydroxylation is 1. The van der Waals surface area contributed by atoms with Gasteiger partial charge in [-0.3, -0.25) is 4.79 Å². The van der Waals surface area contributed by atoms with Crippen molar-refractivity contribution in [3.63, 3.8) is 0 Å². The number of rotatable bonds is 4. The molecule has 0 saturated heterocycles. The number of carbonyl (C=O) groups is 1. The summed E-state index contributed by atoms with van der Waals surface area (Å²) in [6.45, 7) is 6.97. The molecule has 0 aliphatic carbocycles. The maximum atomic E-state index is 12.3. The van der Waals surface area contributed by atoms with E-state index in [4.69, 9.17) is 11.6 Å². The first kappa shape index (κ1) is 14.5. The minimum Gasteiger partial charge on any atom is -0.338 e. The molecule has 1 aromatic heterocycles. The number of halogens is 1. The molecule has 106 valence electrons. The Balaban J connectivity index is 2.37. The van der Waals surface area contributed by atoms with Crippen LogP contribution >= 0.6 is 11.6 Å². The Hall–Kier alpha value is -1.88. The Morgan fingerprint density at radius 2 is 2.00 bits per heavy atom. The van der Waals surface area contributed by atoms with Gasteiger partial charge in [-0.2, -0.15) is 9.90 Å². The smallest absolute Gasteiger partial charge is 0.276 e. The Bertz CT molecular complexity index is 619. The van der Waals surface area contributed by atoms with E-state index in [0.29, 0.717) is 29.5 Å². The van der Waals surface area contributed by atoms with Gasteiger partial charge in [0.25, 0.3) is 5.91 Å². The van der Waals surface area contributed by atoms with Crippen LogP contribution in [0.2, 0.25) is 5.02 Å². The van der Waals surface area contributed by atoms with Crippen molar-refractivity contribution < 1.29 is 4.79 Å². The number of hydrogen-bond acceptors (Lipinski definition) is 3. The minimum atomic E-state index is -0.0965. The zero-order valence-electron chi connectivity index (χ0n) is 11.8. The molecule has 0 N–H and O–H groups in total. The van der Waals surface area contributed by atoms with Gasteiger partial charge in [-0.25, -0.2) is 0 Å². The number of hydrogen-bond donors (Lipinski definition) is 0. The standard InChI is InChI=1S/C14H17ClN4O/c1-4-18(5-2)14(20)13-10(3)16-19(17-13)12-8-6-7-11(15)9-12/h6-9H,4-5H2,1-3H3.